The first kappa shape index (κ1) is 15.0. The molecular weight excluding hydrogens is 280 g/mol. The highest BCUT2D eigenvalue weighted by atomic mass is 16.5. The number of nitrogens with two attached hydrogens (primary N) is 1. The summed E-state index contributed by atoms with van der Waals surface area (Å²) in [5.74, 6) is 0.477. The molecule has 2 heterocycles. The normalized spacial score (nSPS) is 23.5. The molecule has 1 aromatic heterocycles. The van der Waals surface area contributed by atoms with Crippen LogP contribution in [0.1, 0.15) is 31.3 Å². The Bertz CT molecular complexity index is 591. The van der Waals surface area contributed by atoms with Crippen LogP contribution in [0.2, 0.25) is 0 Å². The van der Waals surface area contributed by atoms with E-state index in [4.69, 9.17) is 14.9 Å². The number of anilines is 1. The molecule has 2 aromatic rings. The summed E-state index contributed by atoms with van der Waals surface area (Å²) in [7, 11) is 0. The van der Waals surface area contributed by atoms with Crippen molar-refractivity contribution < 1.29 is 9.15 Å². The molecule has 0 radical (unpaired) electrons. The van der Waals surface area contributed by atoms with Gasteiger partial charge in [0, 0.05) is 13.1 Å². The third kappa shape index (κ3) is 3.45. The second kappa shape index (κ2) is 6.46. The zero-order chi connectivity index (χ0) is 15.5. The van der Waals surface area contributed by atoms with Crippen molar-refractivity contribution in [1.29, 1.82) is 0 Å². The van der Waals surface area contributed by atoms with Crippen molar-refractivity contribution in [3.05, 3.63) is 41.8 Å². The van der Waals surface area contributed by atoms with Crippen LogP contribution in [0.4, 0.5) is 6.01 Å². The molecule has 0 amide bonds. The van der Waals surface area contributed by atoms with Crippen LogP contribution in [-0.2, 0) is 11.2 Å². The van der Waals surface area contributed by atoms with E-state index in [2.05, 4.69) is 15.1 Å². The molecule has 1 saturated heterocycles. The van der Waals surface area contributed by atoms with Crippen LogP contribution in [0.5, 0.6) is 0 Å². The highest BCUT2D eigenvalue weighted by Gasteiger charge is 2.26. The Morgan fingerprint density at radius 3 is 2.55 bits per heavy atom. The molecule has 1 aliphatic rings. The number of benzene rings is 1. The SMILES string of the molecule is CC1CN(c2nnc(C(N)Cc3ccccc3)o2)CC(C)O1. The largest absolute Gasteiger partial charge is 0.406 e. The van der Waals surface area contributed by atoms with Gasteiger partial charge in [-0.1, -0.05) is 35.4 Å². The van der Waals surface area contributed by atoms with Crippen molar-refractivity contribution in [2.24, 2.45) is 5.73 Å². The van der Waals surface area contributed by atoms with Gasteiger partial charge in [-0.05, 0) is 25.8 Å². The highest BCUT2D eigenvalue weighted by molar-refractivity contribution is 5.26. The molecule has 118 valence electrons. The second-order valence-electron chi connectivity index (χ2n) is 5.88. The zero-order valence-corrected chi connectivity index (χ0v) is 13.0. The molecule has 2 N–H and O–H groups in total. The molecule has 22 heavy (non-hydrogen) atoms. The number of hydrogen-bond acceptors (Lipinski definition) is 6. The fourth-order valence-electron chi connectivity index (χ4n) is 2.79. The van der Waals surface area contributed by atoms with E-state index < -0.39 is 0 Å². The van der Waals surface area contributed by atoms with Gasteiger partial charge in [-0.2, -0.15) is 0 Å². The third-order valence-electron chi connectivity index (χ3n) is 3.74. The Morgan fingerprint density at radius 2 is 1.86 bits per heavy atom. The molecule has 3 atom stereocenters. The fourth-order valence-corrected chi connectivity index (χ4v) is 2.79. The Balaban J connectivity index is 1.68. The van der Waals surface area contributed by atoms with Crippen LogP contribution in [0, 0.1) is 0 Å². The van der Waals surface area contributed by atoms with Crippen molar-refractivity contribution in [2.75, 3.05) is 18.0 Å². The van der Waals surface area contributed by atoms with Gasteiger partial charge in [-0.25, -0.2) is 0 Å². The molecular formula is C16H22N4O2. The van der Waals surface area contributed by atoms with Crippen molar-refractivity contribution in [1.82, 2.24) is 10.2 Å². The summed E-state index contributed by atoms with van der Waals surface area (Å²) >= 11 is 0. The minimum Gasteiger partial charge on any atom is -0.406 e. The van der Waals surface area contributed by atoms with Crippen LogP contribution in [0.3, 0.4) is 0 Å². The summed E-state index contributed by atoms with van der Waals surface area (Å²) in [6, 6.07) is 10.3. The number of rotatable bonds is 4. The van der Waals surface area contributed by atoms with Crippen LogP contribution >= 0.6 is 0 Å². The fraction of sp³-hybridized carbons (Fsp3) is 0.500. The average molecular weight is 302 g/mol. The van der Waals surface area contributed by atoms with E-state index in [9.17, 15) is 0 Å². The van der Waals surface area contributed by atoms with Crippen molar-refractivity contribution in [3.8, 4) is 0 Å². The molecule has 1 aromatic carbocycles. The molecule has 3 unspecified atom stereocenters. The lowest BCUT2D eigenvalue weighted by Gasteiger charge is -2.33. The summed E-state index contributed by atoms with van der Waals surface area (Å²) in [5, 5.41) is 8.26. The van der Waals surface area contributed by atoms with E-state index >= 15 is 0 Å². The number of hydrogen-bond donors (Lipinski definition) is 1. The quantitative estimate of drug-likeness (QED) is 0.930. The van der Waals surface area contributed by atoms with Gasteiger partial charge in [-0.3, -0.25) is 0 Å². The first-order valence-electron chi connectivity index (χ1n) is 7.65. The molecule has 0 bridgehead atoms. The van der Waals surface area contributed by atoms with E-state index in [1.807, 2.05) is 44.2 Å². The minimum absolute atomic E-state index is 0.150. The van der Waals surface area contributed by atoms with E-state index in [-0.39, 0.29) is 18.2 Å². The van der Waals surface area contributed by atoms with E-state index in [1.54, 1.807) is 0 Å². The summed E-state index contributed by atoms with van der Waals surface area (Å²) in [6.45, 7) is 5.59. The van der Waals surface area contributed by atoms with Crippen LogP contribution in [-0.4, -0.2) is 35.5 Å². The number of aromatic nitrogens is 2. The molecule has 1 fully saturated rings. The van der Waals surface area contributed by atoms with Gasteiger partial charge in [0.1, 0.15) is 0 Å². The highest BCUT2D eigenvalue weighted by Crippen LogP contribution is 2.22. The lowest BCUT2D eigenvalue weighted by Crippen LogP contribution is -2.45. The Kier molecular flexibility index (Phi) is 4.40. The Morgan fingerprint density at radius 1 is 1.18 bits per heavy atom. The second-order valence-corrected chi connectivity index (χ2v) is 5.88. The van der Waals surface area contributed by atoms with E-state index in [0.29, 0.717) is 18.3 Å². The number of nitrogens with zero attached hydrogens (tertiary/aromatic N) is 3. The summed E-state index contributed by atoms with van der Waals surface area (Å²) in [4.78, 5) is 2.06. The Labute approximate surface area is 130 Å². The summed E-state index contributed by atoms with van der Waals surface area (Å²) in [6.07, 6.45) is 0.979. The lowest BCUT2D eigenvalue weighted by molar-refractivity contribution is -0.00677. The molecule has 0 saturated carbocycles. The molecule has 0 spiro atoms. The van der Waals surface area contributed by atoms with Crippen molar-refractivity contribution >= 4 is 6.01 Å². The maximum absolute atomic E-state index is 6.19. The number of ether oxygens (including phenoxy) is 1. The van der Waals surface area contributed by atoms with E-state index in [1.165, 1.54) is 0 Å². The first-order chi connectivity index (χ1) is 10.6. The molecule has 6 nitrogen and oxygen atoms in total. The predicted molar refractivity (Wildman–Crippen MR) is 83.6 cm³/mol. The molecule has 6 heteroatoms. The topological polar surface area (TPSA) is 77.4 Å². The summed E-state index contributed by atoms with van der Waals surface area (Å²) in [5.41, 5.74) is 7.34. The lowest BCUT2D eigenvalue weighted by atomic mass is 10.1. The van der Waals surface area contributed by atoms with Gasteiger partial charge in [0.2, 0.25) is 5.89 Å². The smallest absolute Gasteiger partial charge is 0.318 e. The van der Waals surface area contributed by atoms with Gasteiger partial charge in [-0.15, -0.1) is 5.10 Å². The summed E-state index contributed by atoms with van der Waals surface area (Å²) < 4.78 is 11.5. The third-order valence-corrected chi connectivity index (χ3v) is 3.74. The van der Waals surface area contributed by atoms with E-state index in [0.717, 1.165) is 18.7 Å². The van der Waals surface area contributed by atoms with Crippen LogP contribution < -0.4 is 10.6 Å². The maximum Gasteiger partial charge on any atom is 0.318 e. The monoisotopic (exact) mass is 302 g/mol. The average Bonchev–Trinajstić information content (AvgIpc) is 2.97. The zero-order valence-electron chi connectivity index (χ0n) is 13.0. The maximum atomic E-state index is 6.19. The van der Waals surface area contributed by atoms with Gasteiger partial charge >= 0.3 is 6.01 Å². The van der Waals surface area contributed by atoms with Crippen LogP contribution in [0.15, 0.2) is 34.7 Å². The van der Waals surface area contributed by atoms with Gasteiger partial charge in [0.15, 0.2) is 0 Å². The number of morpholine rings is 1. The minimum atomic E-state index is -0.292. The first-order valence-corrected chi connectivity index (χ1v) is 7.65. The predicted octanol–water partition coefficient (Wildman–Crippen LogP) is 1.93. The van der Waals surface area contributed by atoms with Gasteiger partial charge < -0.3 is 19.8 Å². The van der Waals surface area contributed by atoms with Gasteiger partial charge in [0.25, 0.3) is 0 Å². The van der Waals surface area contributed by atoms with Crippen molar-refractivity contribution in [3.63, 3.8) is 0 Å². The Hall–Kier alpha value is -1.92. The standard InChI is InChI=1S/C16H22N4O2/c1-11-9-20(10-12(2)21-11)16-19-18-15(22-16)14(17)8-13-6-4-3-5-7-13/h3-7,11-12,14H,8-10,17H2,1-2H3. The molecule has 0 aliphatic carbocycles. The molecule has 1 aliphatic heterocycles. The van der Waals surface area contributed by atoms with Crippen LogP contribution in [0.25, 0.3) is 0 Å². The van der Waals surface area contributed by atoms with Crippen molar-refractivity contribution in [2.45, 2.75) is 38.5 Å². The molecule has 3 rings (SSSR count). The van der Waals surface area contributed by atoms with Gasteiger partial charge in [0.05, 0.1) is 18.2 Å².